The Labute approximate surface area is 113 Å². The Morgan fingerprint density at radius 1 is 1.37 bits per heavy atom. The van der Waals surface area contributed by atoms with Gasteiger partial charge in [-0.2, -0.15) is 0 Å². The zero-order valence-corrected chi connectivity index (χ0v) is 11.7. The summed E-state index contributed by atoms with van der Waals surface area (Å²) in [4.78, 5) is 20.6. The number of hydrogen-bond acceptors (Lipinski definition) is 6. The van der Waals surface area contributed by atoms with Gasteiger partial charge in [0.2, 0.25) is 11.6 Å². The number of nitro groups is 1. The van der Waals surface area contributed by atoms with E-state index >= 15 is 0 Å². The summed E-state index contributed by atoms with van der Waals surface area (Å²) in [6.07, 6.45) is 4.56. The Bertz CT molecular complexity index is 425. The van der Waals surface area contributed by atoms with Gasteiger partial charge in [-0.3, -0.25) is 10.1 Å². The number of nitrogens with zero attached hydrogens (tertiary/aromatic N) is 4. The van der Waals surface area contributed by atoms with Crippen LogP contribution in [0.15, 0.2) is 6.33 Å². The smallest absolute Gasteiger partial charge is 0.353 e. The highest BCUT2D eigenvalue weighted by atomic mass is 16.6. The average Bonchev–Trinajstić information content (AvgIpc) is 2.38. The van der Waals surface area contributed by atoms with Crippen LogP contribution in [0.1, 0.15) is 33.1 Å². The molecule has 0 bridgehead atoms. The Balaban J connectivity index is 2.98. The van der Waals surface area contributed by atoms with Gasteiger partial charge < -0.3 is 10.2 Å². The van der Waals surface area contributed by atoms with Crippen molar-refractivity contribution in [2.24, 2.45) is 0 Å². The fraction of sp³-hybridized carbons (Fsp3) is 0.667. The molecule has 7 heteroatoms. The molecule has 0 fully saturated rings. The van der Waals surface area contributed by atoms with Gasteiger partial charge in [0.1, 0.15) is 6.33 Å². The van der Waals surface area contributed by atoms with Crippen molar-refractivity contribution in [3.63, 3.8) is 0 Å². The van der Waals surface area contributed by atoms with E-state index in [4.69, 9.17) is 0 Å². The van der Waals surface area contributed by atoms with Crippen molar-refractivity contribution in [2.75, 3.05) is 30.4 Å². The molecule has 0 radical (unpaired) electrons. The van der Waals surface area contributed by atoms with Crippen LogP contribution in [0.2, 0.25) is 0 Å². The highest BCUT2D eigenvalue weighted by molar-refractivity contribution is 5.69. The topological polar surface area (TPSA) is 84.2 Å². The van der Waals surface area contributed by atoms with E-state index in [1.165, 1.54) is 6.33 Å². The second-order valence-corrected chi connectivity index (χ2v) is 4.31. The van der Waals surface area contributed by atoms with Crippen molar-refractivity contribution >= 4 is 17.3 Å². The fourth-order valence-electron chi connectivity index (χ4n) is 1.82. The number of unbranched alkanes of at least 4 members (excludes halogenated alkanes) is 2. The summed E-state index contributed by atoms with van der Waals surface area (Å²) >= 11 is 0. The van der Waals surface area contributed by atoms with Crippen molar-refractivity contribution in [1.29, 1.82) is 0 Å². The molecule has 1 aromatic rings. The summed E-state index contributed by atoms with van der Waals surface area (Å²) in [5, 5.41) is 14.1. The van der Waals surface area contributed by atoms with Gasteiger partial charge in [-0.05, 0) is 13.3 Å². The van der Waals surface area contributed by atoms with E-state index in [0.717, 1.165) is 25.8 Å². The Morgan fingerprint density at radius 2 is 2.11 bits per heavy atom. The summed E-state index contributed by atoms with van der Waals surface area (Å²) in [5.41, 5.74) is -0.0525. The van der Waals surface area contributed by atoms with E-state index in [-0.39, 0.29) is 11.5 Å². The third-order valence-corrected chi connectivity index (χ3v) is 2.79. The van der Waals surface area contributed by atoms with E-state index in [0.29, 0.717) is 12.4 Å². The normalized spacial score (nSPS) is 10.3. The molecule has 106 valence electrons. The van der Waals surface area contributed by atoms with Gasteiger partial charge in [-0.25, -0.2) is 9.97 Å². The minimum absolute atomic E-state index is 0.0525. The summed E-state index contributed by atoms with van der Waals surface area (Å²) < 4.78 is 0. The molecule has 1 heterocycles. The molecule has 1 N–H and O–H groups in total. The molecule has 0 aromatic carbocycles. The summed E-state index contributed by atoms with van der Waals surface area (Å²) in [7, 11) is 1.82. The molecule has 0 atom stereocenters. The van der Waals surface area contributed by atoms with Crippen LogP contribution in [0.4, 0.5) is 17.3 Å². The van der Waals surface area contributed by atoms with Gasteiger partial charge in [0.15, 0.2) is 0 Å². The van der Waals surface area contributed by atoms with Crippen LogP contribution in [0, 0.1) is 10.1 Å². The lowest BCUT2D eigenvalue weighted by atomic mass is 10.2. The first-order valence-corrected chi connectivity index (χ1v) is 6.56. The molecule has 0 amide bonds. The zero-order valence-electron chi connectivity index (χ0n) is 11.7. The van der Waals surface area contributed by atoms with E-state index in [2.05, 4.69) is 22.2 Å². The Kier molecular flexibility index (Phi) is 5.98. The molecule has 7 nitrogen and oxygen atoms in total. The summed E-state index contributed by atoms with van der Waals surface area (Å²) in [6.45, 7) is 5.32. The van der Waals surface area contributed by atoms with Crippen LogP contribution in [0.25, 0.3) is 0 Å². The standard InChI is InChI=1S/C12H21N5O2/c1-4-6-7-8-16(3)12-10(17(18)19)11(13-5-2)14-9-15-12/h9H,4-8H2,1-3H3,(H,13,14,15). The summed E-state index contributed by atoms with van der Waals surface area (Å²) in [6, 6.07) is 0. The van der Waals surface area contributed by atoms with Crippen molar-refractivity contribution in [1.82, 2.24) is 9.97 Å². The lowest BCUT2D eigenvalue weighted by Gasteiger charge is -2.18. The van der Waals surface area contributed by atoms with Crippen LogP contribution >= 0.6 is 0 Å². The predicted molar refractivity (Wildman–Crippen MR) is 75.6 cm³/mol. The van der Waals surface area contributed by atoms with E-state index < -0.39 is 4.92 Å². The third kappa shape index (κ3) is 4.04. The van der Waals surface area contributed by atoms with Crippen LogP contribution < -0.4 is 10.2 Å². The number of hydrogen-bond donors (Lipinski definition) is 1. The van der Waals surface area contributed by atoms with Gasteiger partial charge >= 0.3 is 5.69 Å². The third-order valence-electron chi connectivity index (χ3n) is 2.79. The van der Waals surface area contributed by atoms with E-state index in [9.17, 15) is 10.1 Å². The Hall–Kier alpha value is -1.92. The first-order valence-electron chi connectivity index (χ1n) is 6.56. The highest BCUT2D eigenvalue weighted by Crippen LogP contribution is 2.30. The number of nitrogens with one attached hydrogen (secondary N) is 1. The maximum Gasteiger partial charge on any atom is 0.353 e. The highest BCUT2D eigenvalue weighted by Gasteiger charge is 2.24. The maximum absolute atomic E-state index is 11.2. The molecule has 0 aliphatic heterocycles. The summed E-state index contributed by atoms with van der Waals surface area (Å²) in [5.74, 6) is 0.645. The zero-order chi connectivity index (χ0) is 14.3. The molecule has 0 spiro atoms. The van der Waals surface area contributed by atoms with Crippen molar-refractivity contribution in [3.8, 4) is 0 Å². The monoisotopic (exact) mass is 267 g/mol. The van der Waals surface area contributed by atoms with Crippen LogP contribution in [0.3, 0.4) is 0 Å². The van der Waals surface area contributed by atoms with Crippen LogP contribution in [-0.4, -0.2) is 35.0 Å². The van der Waals surface area contributed by atoms with Gasteiger partial charge in [0, 0.05) is 20.1 Å². The SMILES string of the molecule is CCCCCN(C)c1ncnc(NCC)c1[N+](=O)[O-]. The first-order chi connectivity index (χ1) is 9.11. The van der Waals surface area contributed by atoms with Crippen molar-refractivity contribution in [3.05, 3.63) is 16.4 Å². The second kappa shape index (κ2) is 7.50. The average molecular weight is 267 g/mol. The van der Waals surface area contributed by atoms with Gasteiger partial charge in [0.25, 0.3) is 0 Å². The maximum atomic E-state index is 11.2. The minimum Gasteiger partial charge on any atom is -0.364 e. The minimum atomic E-state index is -0.427. The number of rotatable bonds is 8. The lowest BCUT2D eigenvalue weighted by Crippen LogP contribution is -2.22. The molecule has 0 unspecified atom stereocenters. The van der Waals surface area contributed by atoms with Crippen molar-refractivity contribution < 1.29 is 4.92 Å². The Morgan fingerprint density at radius 3 is 2.68 bits per heavy atom. The fourth-order valence-corrected chi connectivity index (χ4v) is 1.82. The first kappa shape index (κ1) is 15.1. The van der Waals surface area contributed by atoms with Gasteiger partial charge in [0.05, 0.1) is 4.92 Å². The number of aromatic nitrogens is 2. The van der Waals surface area contributed by atoms with Gasteiger partial charge in [-0.15, -0.1) is 0 Å². The predicted octanol–water partition coefficient (Wildman–Crippen LogP) is 2.44. The molecular weight excluding hydrogens is 246 g/mol. The molecule has 0 aliphatic rings. The van der Waals surface area contributed by atoms with Crippen LogP contribution in [-0.2, 0) is 0 Å². The molecule has 1 aromatic heterocycles. The van der Waals surface area contributed by atoms with E-state index in [1.54, 1.807) is 0 Å². The molecule has 0 saturated carbocycles. The molecule has 0 saturated heterocycles. The largest absolute Gasteiger partial charge is 0.364 e. The van der Waals surface area contributed by atoms with Gasteiger partial charge in [-0.1, -0.05) is 19.8 Å². The molecule has 1 rings (SSSR count). The second-order valence-electron chi connectivity index (χ2n) is 4.31. The van der Waals surface area contributed by atoms with E-state index in [1.807, 2.05) is 18.9 Å². The van der Waals surface area contributed by atoms with Crippen LogP contribution in [0.5, 0.6) is 0 Å². The lowest BCUT2D eigenvalue weighted by molar-refractivity contribution is -0.383. The van der Waals surface area contributed by atoms with Crippen molar-refractivity contribution in [2.45, 2.75) is 33.1 Å². The molecule has 0 aliphatic carbocycles. The molecule has 19 heavy (non-hydrogen) atoms. The quantitative estimate of drug-likeness (QED) is 0.442. The number of anilines is 2. The molecular formula is C12H21N5O2.